The molecular weight excluding hydrogens is 512 g/mol. The Morgan fingerprint density at radius 2 is 1.70 bits per heavy atom. The highest BCUT2D eigenvalue weighted by atomic mass is 16.5. The van der Waals surface area contributed by atoms with Crippen LogP contribution in [0.5, 0.6) is 0 Å². The minimum atomic E-state index is -1.04. The van der Waals surface area contributed by atoms with E-state index in [1.807, 2.05) is 20.8 Å². The van der Waals surface area contributed by atoms with Crippen LogP contribution in [0.4, 0.5) is 0 Å². The Balaban J connectivity index is 1.82. The summed E-state index contributed by atoms with van der Waals surface area (Å²) >= 11 is 0. The van der Waals surface area contributed by atoms with E-state index in [9.17, 15) is 28.8 Å². The number of rotatable bonds is 14. The van der Waals surface area contributed by atoms with Crippen molar-refractivity contribution in [3.63, 3.8) is 0 Å². The Labute approximate surface area is 237 Å². The summed E-state index contributed by atoms with van der Waals surface area (Å²) in [7, 11) is 0. The second kappa shape index (κ2) is 12.4. The average molecular weight is 559 g/mol. The van der Waals surface area contributed by atoms with Crippen molar-refractivity contribution in [2.24, 2.45) is 46.2 Å². The van der Waals surface area contributed by atoms with E-state index in [4.69, 9.17) is 10.5 Å². The van der Waals surface area contributed by atoms with Gasteiger partial charge in [-0.25, -0.2) is 4.79 Å². The smallest absolute Gasteiger partial charge is 0.330 e. The van der Waals surface area contributed by atoms with Crippen molar-refractivity contribution in [1.29, 1.82) is 0 Å². The number of carbonyl (C=O) groups is 6. The van der Waals surface area contributed by atoms with Crippen LogP contribution in [0.1, 0.15) is 86.5 Å². The van der Waals surface area contributed by atoms with Crippen molar-refractivity contribution in [1.82, 2.24) is 4.90 Å². The van der Waals surface area contributed by atoms with Crippen molar-refractivity contribution in [2.45, 2.75) is 92.5 Å². The number of allylic oxidation sites excluding steroid dienone is 1. The van der Waals surface area contributed by atoms with E-state index in [0.717, 1.165) is 19.3 Å². The molecule has 0 bridgehead atoms. The zero-order chi connectivity index (χ0) is 30.0. The standard InChI is InChI=1S/C31H46N2O7/c1-7-9-24(36)40-17-20(13-21(34)15-30(2,3)4)29(39)33-16-22-25(31(22,5)6)26(33)23(35)14-19(27(37)28(32)38)12-18-10-8-11-18/h7,9,18-20,22,25-26H,8,10-17H2,1-6H3,(H2,32,38)/b9-7+/t19?,20-,22-,25?,26+/m0/s1. The van der Waals surface area contributed by atoms with E-state index in [1.165, 1.54) is 17.1 Å². The van der Waals surface area contributed by atoms with E-state index < -0.39 is 41.4 Å². The Morgan fingerprint density at radius 3 is 2.23 bits per heavy atom. The molecule has 0 aromatic heterocycles. The molecule has 5 atom stereocenters. The lowest BCUT2D eigenvalue weighted by Crippen LogP contribution is -2.49. The first kappa shape index (κ1) is 31.7. The third-order valence-electron chi connectivity index (χ3n) is 9.01. The van der Waals surface area contributed by atoms with Gasteiger partial charge in [-0.1, -0.05) is 60.0 Å². The fourth-order valence-electron chi connectivity index (χ4n) is 6.62. The molecule has 222 valence electrons. The number of nitrogens with zero attached hydrogens (tertiary/aromatic N) is 1. The van der Waals surface area contributed by atoms with Crippen LogP contribution in [0.2, 0.25) is 0 Å². The van der Waals surface area contributed by atoms with E-state index in [1.54, 1.807) is 6.92 Å². The summed E-state index contributed by atoms with van der Waals surface area (Å²) < 4.78 is 5.31. The molecule has 3 fully saturated rings. The number of carbonyl (C=O) groups excluding carboxylic acids is 6. The number of fused-ring (bicyclic) bond motifs is 1. The molecule has 2 N–H and O–H groups in total. The normalized spacial score (nSPS) is 25.1. The summed E-state index contributed by atoms with van der Waals surface area (Å²) in [5.74, 6) is -4.53. The highest BCUT2D eigenvalue weighted by Crippen LogP contribution is 2.65. The number of piperidine rings is 1. The van der Waals surface area contributed by atoms with Gasteiger partial charge in [-0.05, 0) is 41.9 Å². The number of ketones is 3. The molecule has 1 saturated heterocycles. The van der Waals surface area contributed by atoms with Gasteiger partial charge in [0, 0.05) is 37.8 Å². The first-order valence-electron chi connectivity index (χ1n) is 14.5. The minimum absolute atomic E-state index is 0.0755. The van der Waals surface area contributed by atoms with Crippen molar-refractivity contribution < 1.29 is 33.5 Å². The highest BCUT2D eigenvalue weighted by molar-refractivity contribution is 6.36. The minimum Gasteiger partial charge on any atom is -0.462 e. The van der Waals surface area contributed by atoms with Crippen LogP contribution in [0.3, 0.4) is 0 Å². The second-order valence-corrected chi connectivity index (χ2v) is 13.8. The van der Waals surface area contributed by atoms with Gasteiger partial charge in [0.25, 0.3) is 5.91 Å². The molecule has 0 spiro atoms. The summed E-state index contributed by atoms with van der Waals surface area (Å²) in [5.41, 5.74) is 4.90. The lowest BCUT2D eigenvalue weighted by atomic mass is 9.76. The van der Waals surface area contributed by atoms with Gasteiger partial charge in [-0.3, -0.25) is 24.0 Å². The molecule has 2 aliphatic carbocycles. The summed E-state index contributed by atoms with van der Waals surface area (Å²) in [6.07, 6.45) is 6.22. The predicted octanol–water partition coefficient (Wildman–Crippen LogP) is 3.42. The third-order valence-corrected chi connectivity index (χ3v) is 9.01. The van der Waals surface area contributed by atoms with Crippen molar-refractivity contribution in [3.8, 4) is 0 Å². The van der Waals surface area contributed by atoms with Crippen LogP contribution in [0, 0.1) is 40.4 Å². The van der Waals surface area contributed by atoms with Gasteiger partial charge >= 0.3 is 5.97 Å². The van der Waals surface area contributed by atoms with Gasteiger partial charge in [-0.15, -0.1) is 0 Å². The third kappa shape index (κ3) is 7.46. The summed E-state index contributed by atoms with van der Waals surface area (Å²) in [5, 5.41) is 0. The number of primary amides is 1. The van der Waals surface area contributed by atoms with Gasteiger partial charge in [0.05, 0.1) is 12.0 Å². The zero-order valence-corrected chi connectivity index (χ0v) is 24.9. The maximum absolute atomic E-state index is 13.9. The zero-order valence-electron chi connectivity index (χ0n) is 24.9. The van der Waals surface area contributed by atoms with Crippen LogP contribution >= 0.6 is 0 Å². The van der Waals surface area contributed by atoms with E-state index in [0.29, 0.717) is 13.0 Å². The second-order valence-electron chi connectivity index (χ2n) is 13.8. The monoisotopic (exact) mass is 558 g/mol. The van der Waals surface area contributed by atoms with Crippen LogP contribution in [-0.2, 0) is 33.5 Å². The van der Waals surface area contributed by atoms with Crippen molar-refractivity contribution >= 4 is 35.1 Å². The summed E-state index contributed by atoms with van der Waals surface area (Å²) in [6.45, 7) is 11.7. The van der Waals surface area contributed by atoms with Gasteiger partial charge in [-0.2, -0.15) is 0 Å². The Kier molecular flexibility index (Phi) is 9.78. The molecular formula is C31H46N2O7. The van der Waals surface area contributed by atoms with Gasteiger partial charge < -0.3 is 15.4 Å². The van der Waals surface area contributed by atoms with E-state index in [2.05, 4.69) is 13.8 Å². The lowest BCUT2D eigenvalue weighted by Gasteiger charge is -2.34. The number of hydrogen-bond donors (Lipinski definition) is 1. The molecule has 0 aromatic rings. The molecule has 2 unspecified atom stereocenters. The molecule has 1 aliphatic heterocycles. The number of likely N-dealkylation sites (tertiary alicyclic amines) is 1. The maximum Gasteiger partial charge on any atom is 0.330 e. The Morgan fingerprint density at radius 1 is 1.05 bits per heavy atom. The molecule has 3 aliphatic rings. The van der Waals surface area contributed by atoms with Gasteiger partial charge in [0.15, 0.2) is 5.78 Å². The van der Waals surface area contributed by atoms with Crippen LogP contribution < -0.4 is 5.73 Å². The molecule has 40 heavy (non-hydrogen) atoms. The summed E-state index contributed by atoms with van der Waals surface area (Å²) in [6, 6.07) is -0.761. The molecule has 1 heterocycles. The molecule has 2 saturated carbocycles. The number of hydrogen-bond acceptors (Lipinski definition) is 7. The molecule has 9 nitrogen and oxygen atoms in total. The number of Topliss-reactive ketones (excluding diaryl/α,β-unsaturated/α-hetero) is 3. The van der Waals surface area contributed by atoms with Crippen LogP contribution in [0.15, 0.2) is 12.2 Å². The maximum atomic E-state index is 13.9. The first-order valence-corrected chi connectivity index (χ1v) is 14.5. The van der Waals surface area contributed by atoms with Crippen molar-refractivity contribution in [2.75, 3.05) is 13.2 Å². The largest absolute Gasteiger partial charge is 0.462 e. The van der Waals surface area contributed by atoms with Crippen LogP contribution in [0.25, 0.3) is 0 Å². The molecule has 0 aromatic carbocycles. The van der Waals surface area contributed by atoms with E-state index in [-0.39, 0.29) is 66.0 Å². The summed E-state index contributed by atoms with van der Waals surface area (Å²) in [4.78, 5) is 78.7. The topological polar surface area (TPSA) is 141 Å². The quantitative estimate of drug-likeness (QED) is 0.196. The van der Waals surface area contributed by atoms with E-state index >= 15 is 0 Å². The molecule has 0 radical (unpaired) electrons. The molecule has 2 amide bonds. The van der Waals surface area contributed by atoms with Gasteiger partial charge in [0.1, 0.15) is 12.4 Å². The molecule has 9 heteroatoms. The number of nitrogens with two attached hydrogens (primary N) is 1. The number of amides is 2. The van der Waals surface area contributed by atoms with Crippen LogP contribution in [-0.4, -0.2) is 59.2 Å². The fraction of sp³-hybridized carbons (Fsp3) is 0.742. The highest BCUT2D eigenvalue weighted by Gasteiger charge is 2.69. The average Bonchev–Trinajstić information content (AvgIpc) is 3.14. The Bertz CT molecular complexity index is 1070. The van der Waals surface area contributed by atoms with Crippen molar-refractivity contribution in [3.05, 3.63) is 12.2 Å². The number of esters is 1. The predicted molar refractivity (Wildman–Crippen MR) is 148 cm³/mol. The number of ether oxygens (including phenoxy) is 1. The SMILES string of the molecule is C/C=C/C(=O)OC[C@H](CC(=O)CC(C)(C)C)C(=O)N1C[C@H]2C([C@H]1C(=O)CC(CC1CCC1)C(=O)C(N)=O)C2(C)C. The Hall–Kier alpha value is -2.84. The molecule has 3 rings (SSSR count). The fourth-order valence-corrected chi connectivity index (χ4v) is 6.62. The lowest BCUT2D eigenvalue weighted by molar-refractivity contribution is -0.150. The van der Waals surface area contributed by atoms with Gasteiger partial charge in [0.2, 0.25) is 11.7 Å². The first-order chi connectivity index (χ1) is 18.6.